The third-order valence-electron chi connectivity index (χ3n) is 3.81. The van der Waals surface area contributed by atoms with Crippen molar-refractivity contribution in [2.24, 2.45) is 0 Å². The summed E-state index contributed by atoms with van der Waals surface area (Å²) in [5.41, 5.74) is 3.28. The molecule has 0 spiro atoms. The van der Waals surface area contributed by atoms with Gasteiger partial charge in [-0.3, -0.25) is 0 Å². The lowest BCUT2D eigenvalue weighted by Crippen LogP contribution is -2.07. The molecule has 0 aliphatic rings. The number of hydrogen-bond acceptors (Lipinski definition) is 2. The van der Waals surface area contributed by atoms with Crippen LogP contribution in [0.2, 0.25) is 0 Å². The van der Waals surface area contributed by atoms with Gasteiger partial charge in [-0.05, 0) is 41.0 Å². The van der Waals surface area contributed by atoms with E-state index in [0.29, 0.717) is 0 Å². The number of anilines is 1. The molecule has 1 unspecified atom stereocenters. The summed E-state index contributed by atoms with van der Waals surface area (Å²) in [6.07, 6.45) is 0. The molecular formula is C19H19NO. The van der Waals surface area contributed by atoms with Crippen molar-refractivity contribution in [3.8, 4) is 0 Å². The van der Waals surface area contributed by atoms with E-state index < -0.39 is 0 Å². The van der Waals surface area contributed by atoms with Crippen LogP contribution in [0.4, 0.5) is 5.69 Å². The maximum Gasteiger partial charge on any atom is 0.0681 e. The molecule has 0 saturated heterocycles. The Morgan fingerprint density at radius 3 is 2.38 bits per heavy atom. The van der Waals surface area contributed by atoms with Crippen LogP contribution in [0, 0.1) is 0 Å². The van der Waals surface area contributed by atoms with Crippen LogP contribution in [0.15, 0.2) is 66.7 Å². The van der Waals surface area contributed by atoms with Crippen LogP contribution in [0.25, 0.3) is 10.8 Å². The third-order valence-corrected chi connectivity index (χ3v) is 3.81. The number of nitrogens with one attached hydrogen (secondary N) is 1. The Bertz CT molecular complexity index is 729. The van der Waals surface area contributed by atoms with Crippen LogP contribution in [0.1, 0.15) is 24.1 Å². The molecule has 0 amide bonds. The lowest BCUT2D eigenvalue weighted by Gasteiger charge is -2.18. The molecular weight excluding hydrogens is 258 g/mol. The fourth-order valence-electron chi connectivity index (χ4n) is 2.66. The Balaban J connectivity index is 1.88. The average Bonchev–Trinajstić information content (AvgIpc) is 2.55. The Hall–Kier alpha value is -2.32. The first-order valence-electron chi connectivity index (χ1n) is 7.22. The van der Waals surface area contributed by atoms with E-state index >= 15 is 0 Å². The van der Waals surface area contributed by atoms with E-state index in [9.17, 15) is 0 Å². The summed E-state index contributed by atoms with van der Waals surface area (Å²) in [6.45, 7) is 2.25. The molecule has 1 atom stereocenters. The predicted molar refractivity (Wildman–Crippen MR) is 88.4 cm³/mol. The lowest BCUT2D eigenvalue weighted by atomic mass is 9.99. The van der Waals surface area contributed by atoms with Crippen molar-refractivity contribution in [2.75, 3.05) is 5.32 Å². The number of fused-ring (bicyclic) bond motifs is 1. The van der Waals surface area contributed by atoms with Crippen LogP contribution in [-0.2, 0) is 6.61 Å². The summed E-state index contributed by atoms with van der Waals surface area (Å²) in [7, 11) is 0. The molecule has 2 heteroatoms. The minimum Gasteiger partial charge on any atom is -0.392 e. The first kappa shape index (κ1) is 13.7. The second-order valence-electron chi connectivity index (χ2n) is 5.29. The van der Waals surface area contributed by atoms with Gasteiger partial charge >= 0.3 is 0 Å². The van der Waals surface area contributed by atoms with Gasteiger partial charge in [-0.2, -0.15) is 0 Å². The van der Waals surface area contributed by atoms with Gasteiger partial charge in [0.15, 0.2) is 0 Å². The standard InChI is InChI=1S/C19H19NO/c1-14(20-17-11-9-15(13-21)10-12-17)18-8-4-6-16-5-2-3-7-19(16)18/h2-12,14,20-21H,13H2,1H3. The Kier molecular flexibility index (Phi) is 3.89. The van der Waals surface area contributed by atoms with Gasteiger partial charge in [-0.1, -0.05) is 54.6 Å². The van der Waals surface area contributed by atoms with Crippen molar-refractivity contribution in [1.29, 1.82) is 0 Å². The fourth-order valence-corrected chi connectivity index (χ4v) is 2.66. The maximum absolute atomic E-state index is 9.09. The van der Waals surface area contributed by atoms with Gasteiger partial charge in [0.2, 0.25) is 0 Å². The summed E-state index contributed by atoms with van der Waals surface area (Å²) in [4.78, 5) is 0. The Morgan fingerprint density at radius 1 is 0.905 bits per heavy atom. The zero-order valence-corrected chi connectivity index (χ0v) is 12.1. The molecule has 0 aliphatic carbocycles. The van der Waals surface area contributed by atoms with Crippen molar-refractivity contribution < 1.29 is 5.11 Å². The zero-order chi connectivity index (χ0) is 14.7. The van der Waals surface area contributed by atoms with E-state index in [0.717, 1.165) is 11.3 Å². The monoisotopic (exact) mass is 277 g/mol. The van der Waals surface area contributed by atoms with E-state index in [1.54, 1.807) is 0 Å². The van der Waals surface area contributed by atoms with Crippen molar-refractivity contribution >= 4 is 16.5 Å². The van der Waals surface area contributed by atoms with Crippen LogP contribution in [0.3, 0.4) is 0 Å². The molecule has 0 radical (unpaired) electrons. The highest BCUT2D eigenvalue weighted by Gasteiger charge is 2.08. The van der Waals surface area contributed by atoms with E-state index in [1.165, 1.54) is 16.3 Å². The third kappa shape index (κ3) is 2.91. The number of benzene rings is 3. The molecule has 0 fully saturated rings. The molecule has 3 aromatic rings. The van der Waals surface area contributed by atoms with Crippen LogP contribution in [-0.4, -0.2) is 5.11 Å². The predicted octanol–water partition coefficient (Wildman–Crippen LogP) is 4.51. The maximum atomic E-state index is 9.09. The summed E-state index contributed by atoms with van der Waals surface area (Å²) < 4.78 is 0. The minimum absolute atomic E-state index is 0.0825. The summed E-state index contributed by atoms with van der Waals surface area (Å²) in [5, 5.41) is 15.2. The van der Waals surface area contributed by atoms with Crippen LogP contribution in [0.5, 0.6) is 0 Å². The number of hydrogen-bond donors (Lipinski definition) is 2. The normalized spacial score (nSPS) is 12.3. The molecule has 2 nitrogen and oxygen atoms in total. The van der Waals surface area contributed by atoms with Crippen molar-refractivity contribution in [2.45, 2.75) is 19.6 Å². The number of aliphatic hydroxyl groups excluding tert-OH is 1. The molecule has 0 heterocycles. The quantitative estimate of drug-likeness (QED) is 0.735. The zero-order valence-electron chi connectivity index (χ0n) is 12.1. The molecule has 2 N–H and O–H groups in total. The Labute approximate surface area is 125 Å². The van der Waals surface area contributed by atoms with Crippen molar-refractivity contribution in [1.82, 2.24) is 0 Å². The molecule has 0 bridgehead atoms. The lowest BCUT2D eigenvalue weighted by molar-refractivity contribution is 0.282. The molecule has 0 saturated carbocycles. The highest BCUT2D eigenvalue weighted by atomic mass is 16.3. The number of rotatable bonds is 4. The second-order valence-corrected chi connectivity index (χ2v) is 5.29. The first-order chi connectivity index (χ1) is 10.3. The van der Waals surface area contributed by atoms with Crippen molar-refractivity contribution in [3.63, 3.8) is 0 Å². The molecule has 3 aromatic carbocycles. The van der Waals surface area contributed by atoms with Crippen molar-refractivity contribution in [3.05, 3.63) is 77.9 Å². The van der Waals surface area contributed by atoms with Gasteiger partial charge in [-0.25, -0.2) is 0 Å². The topological polar surface area (TPSA) is 32.3 Å². The van der Waals surface area contributed by atoms with E-state index in [4.69, 9.17) is 5.11 Å². The van der Waals surface area contributed by atoms with Gasteiger partial charge in [0.25, 0.3) is 0 Å². The molecule has 0 aromatic heterocycles. The van der Waals surface area contributed by atoms with Crippen LogP contribution >= 0.6 is 0 Å². The van der Waals surface area contributed by atoms with E-state index in [2.05, 4.69) is 54.7 Å². The van der Waals surface area contributed by atoms with Crippen LogP contribution < -0.4 is 5.32 Å². The summed E-state index contributed by atoms with van der Waals surface area (Å²) >= 11 is 0. The second kappa shape index (κ2) is 5.98. The largest absolute Gasteiger partial charge is 0.392 e. The van der Waals surface area contributed by atoms with E-state index in [-0.39, 0.29) is 12.6 Å². The summed E-state index contributed by atoms with van der Waals surface area (Å²) in [5.74, 6) is 0. The van der Waals surface area contributed by atoms with Gasteiger partial charge in [0.1, 0.15) is 0 Å². The average molecular weight is 277 g/mol. The molecule has 0 aliphatic heterocycles. The highest BCUT2D eigenvalue weighted by Crippen LogP contribution is 2.26. The summed E-state index contributed by atoms with van der Waals surface area (Å²) in [6, 6.07) is 23.0. The Morgan fingerprint density at radius 2 is 1.62 bits per heavy atom. The fraction of sp³-hybridized carbons (Fsp3) is 0.158. The van der Waals surface area contributed by atoms with Gasteiger partial charge in [0, 0.05) is 11.7 Å². The molecule has 21 heavy (non-hydrogen) atoms. The SMILES string of the molecule is CC(Nc1ccc(CO)cc1)c1cccc2ccccc12. The van der Waals surface area contributed by atoms with Gasteiger partial charge in [-0.15, -0.1) is 0 Å². The molecule has 3 rings (SSSR count). The van der Waals surface area contributed by atoms with E-state index in [1.807, 2.05) is 24.3 Å². The molecule has 106 valence electrons. The number of aliphatic hydroxyl groups is 1. The minimum atomic E-state index is 0.0825. The highest BCUT2D eigenvalue weighted by molar-refractivity contribution is 5.86. The first-order valence-corrected chi connectivity index (χ1v) is 7.22. The van der Waals surface area contributed by atoms with Gasteiger partial charge < -0.3 is 10.4 Å². The van der Waals surface area contributed by atoms with Gasteiger partial charge in [0.05, 0.1) is 6.61 Å². The smallest absolute Gasteiger partial charge is 0.0681 e.